The number of hydrogen-bond donors (Lipinski definition) is 1. The number of hydrogen-bond acceptors (Lipinski definition) is 3. The third-order valence-corrected chi connectivity index (χ3v) is 3.62. The van der Waals surface area contributed by atoms with Gasteiger partial charge in [0.2, 0.25) is 0 Å². The molecule has 0 radical (unpaired) electrons. The minimum absolute atomic E-state index is 0.429. The predicted molar refractivity (Wildman–Crippen MR) is 67.7 cm³/mol. The molecule has 1 N–H and O–H groups in total. The quantitative estimate of drug-likeness (QED) is 0.854. The Hall–Kier alpha value is -0.800. The minimum Gasteiger partial charge on any atom is -0.467 e. The van der Waals surface area contributed by atoms with Crippen LogP contribution in [0.3, 0.4) is 0 Å². The van der Waals surface area contributed by atoms with Gasteiger partial charge >= 0.3 is 0 Å². The molecule has 3 nitrogen and oxygen atoms in total. The Morgan fingerprint density at radius 2 is 2.12 bits per heavy atom. The molecule has 1 aromatic rings. The summed E-state index contributed by atoms with van der Waals surface area (Å²) in [6.07, 6.45) is 7.16. The highest BCUT2D eigenvalue weighted by atomic mass is 16.5. The summed E-state index contributed by atoms with van der Waals surface area (Å²) in [6.45, 7) is 3.79. The van der Waals surface area contributed by atoms with Crippen molar-refractivity contribution < 1.29 is 9.15 Å². The summed E-state index contributed by atoms with van der Waals surface area (Å²) in [5.41, 5.74) is 1.21. The Morgan fingerprint density at radius 1 is 1.35 bits per heavy atom. The first-order valence-electron chi connectivity index (χ1n) is 6.61. The van der Waals surface area contributed by atoms with Gasteiger partial charge in [-0.25, -0.2) is 0 Å². The first-order chi connectivity index (χ1) is 8.29. The third-order valence-electron chi connectivity index (χ3n) is 3.62. The second kappa shape index (κ2) is 6.22. The molecule has 1 fully saturated rings. The Labute approximate surface area is 104 Å². The van der Waals surface area contributed by atoms with Crippen molar-refractivity contribution in [2.45, 2.75) is 51.9 Å². The molecule has 96 valence electrons. The van der Waals surface area contributed by atoms with E-state index in [0.717, 1.165) is 18.2 Å². The number of ether oxygens (including phenoxy) is 1. The second-order valence-corrected chi connectivity index (χ2v) is 5.09. The fourth-order valence-corrected chi connectivity index (χ4v) is 2.43. The third kappa shape index (κ3) is 3.58. The molecule has 0 aliphatic heterocycles. The zero-order valence-corrected chi connectivity index (χ0v) is 10.9. The van der Waals surface area contributed by atoms with Gasteiger partial charge in [-0.15, -0.1) is 0 Å². The lowest BCUT2D eigenvalue weighted by atomic mass is 9.89. The van der Waals surface area contributed by atoms with Crippen LogP contribution in [-0.2, 0) is 17.9 Å². The van der Waals surface area contributed by atoms with Crippen LogP contribution in [0.5, 0.6) is 0 Å². The second-order valence-electron chi connectivity index (χ2n) is 5.09. The van der Waals surface area contributed by atoms with Crippen LogP contribution in [0.4, 0.5) is 0 Å². The van der Waals surface area contributed by atoms with Gasteiger partial charge in [-0.1, -0.05) is 6.92 Å². The average molecular weight is 237 g/mol. The molecule has 1 heterocycles. The van der Waals surface area contributed by atoms with E-state index < -0.39 is 0 Å². The molecule has 0 unspecified atom stereocenters. The van der Waals surface area contributed by atoms with E-state index in [2.05, 4.69) is 12.2 Å². The monoisotopic (exact) mass is 237 g/mol. The lowest BCUT2D eigenvalue weighted by Gasteiger charge is -2.26. The van der Waals surface area contributed by atoms with Gasteiger partial charge in [0.15, 0.2) is 0 Å². The molecule has 0 aromatic carbocycles. The topological polar surface area (TPSA) is 34.4 Å². The first kappa shape index (κ1) is 12.7. The van der Waals surface area contributed by atoms with E-state index in [4.69, 9.17) is 9.15 Å². The highest BCUT2D eigenvalue weighted by Gasteiger charge is 2.19. The molecular weight excluding hydrogens is 214 g/mol. The van der Waals surface area contributed by atoms with Crippen molar-refractivity contribution in [2.24, 2.45) is 5.92 Å². The first-order valence-corrected chi connectivity index (χ1v) is 6.61. The zero-order chi connectivity index (χ0) is 12.1. The van der Waals surface area contributed by atoms with E-state index in [1.54, 1.807) is 6.26 Å². The molecule has 1 aliphatic carbocycles. The van der Waals surface area contributed by atoms with Crippen molar-refractivity contribution in [1.29, 1.82) is 0 Å². The SMILES string of the molecule is CNCc1ccoc1COC1CCC(C)CC1. The maximum atomic E-state index is 5.94. The molecule has 1 saturated carbocycles. The Balaban J connectivity index is 1.79. The number of rotatable bonds is 5. The van der Waals surface area contributed by atoms with E-state index in [0.29, 0.717) is 12.7 Å². The van der Waals surface area contributed by atoms with Crippen molar-refractivity contribution in [2.75, 3.05) is 7.05 Å². The Bertz CT molecular complexity index is 327. The van der Waals surface area contributed by atoms with E-state index in [1.807, 2.05) is 13.1 Å². The Morgan fingerprint density at radius 3 is 2.82 bits per heavy atom. The summed E-state index contributed by atoms with van der Waals surface area (Å²) in [5, 5.41) is 3.14. The van der Waals surface area contributed by atoms with Crippen LogP contribution in [-0.4, -0.2) is 13.2 Å². The van der Waals surface area contributed by atoms with E-state index in [1.165, 1.54) is 31.2 Å². The Kier molecular flexibility index (Phi) is 4.63. The molecule has 2 rings (SSSR count). The zero-order valence-electron chi connectivity index (χ0n) is 10.9. The van der Waals surface area contributed by atoms with Gasteiger partial charge in [0.05, 0.1) is 12.4 Å². The molecule has 0 amide bonds. The maximum absolute atomic E-state index is 5.94. The molecule has 1 aliphatic rings. The molecule has 0 bridgehead atoms. The summed E-state index contributed by atoms with van der Waals surface area (Å²) in [7, 11) is 1.94. The summed E-state index contributed by atoms with van der Waals surface area (Å²) in [4.78, 5) is 0. The summed E-state index contributed by atoms with van der Waals surface area (Å²) in [6, 6.07) is 2.01. The highest BCUT2D eigenvalue weighted by Crippen LogP contribution is 2.26. The fraction of sp³-hybridized carbons (Fsp3) is 0.714. The van der Waals surface area contributed by atoms with Gasteiger partial charge in [-0.2, -0.15) is 0 Å². The summed E-state index contributed by atoms with van der Waals surface area (Å²) >= 11 is 0. The van der Waals surface area contributed by atoms with Crippen LogP contribution in [0.25, 0.3) is 0 Å². The van der Waals surface area contributed by atoms with Crippen molar-refractivity contribution in [3.63, 3.8) is 0 Å². The normalized spacial score (nSPS) is 25.1. The van der Waals surface area contributed by atoms with Crippen molar-refractivity contribution in [3.8, 4) is 0 Å². The number of furan rings is 1. The van der Waals surface area contributed by atoms with Gasteiger partial charge < -0.3 is 14.5 Å². The van der Waals surface area contributed by atoms with Gasteiger partial charge in [0.1, 0.15) is 12.4 Å². The highest BCUT2D eigenvalue weighted by molar-refractivity contribution is 5.15. The van der Waals surface area contributed by atoms with Crippen molar-refractivity contribution in [1.82, 2.24) is 5.32 Å². The molecule has 17 heavy (non-hydrogen) atoms. The fourth-order valence-electron chi connectivity index (χ4n) is 2.43. The van der Waals surface area contributed by atoms with E-state index >= 15 is 0 Å². The van der Waals surface area contributed by atoms with E-state index in [-0.39, 0.29) is 0 Å². The summed E-state index contributed by atoms with van der Waals surface area (Å²) in [5.74, 6) is 1.84. The number of nitrogens with one attached hydrogen (secondary N) is 1. The molecule has 0 saturated heterocycles. The molecule has 0 atom stereocenters. The predicted octanol–water partition coefficient (Wildman–Crippen LogP) is 3.09. The molecule has 0 spiro atoms. The largest absolute Gasteiger partial charge is 0.467 e. The van der Waals surface area contributed by atoms with Gasteiger partial charge in [-0.05, 0) is 44.7 Å². The lowest BCUT2D eigenvalue weighted by Crippen LogP contribution is -2.20. The van der Waals surface area contributed by atoms with Crippen LogP contribution in [0.2, 0.25) is 0 Å². The van der Waals surface area contributed by atoms with Gasteiger partial charge in [0, 0.05) is 12.1 Å². The standard InChI is InChI=1S/C14H23NO2/c1-11-3-5-13(6-4-11)17-10-14-12(9-15-2)7-8-16-14/h7-8,11,13,15H,3-6,9-10H2,1-2H3. The average Bonchev–Trinajstić information content (AvgIpc) is 2.77. The molecular formula is C14H23NO2. The van der Waals surface area contributed by atoms with Crippen LogP contribution in [0.15, 0.2) is 16.7 Å². The van der Waals surface area contributed by atoms with Crippen LogP contribution >= 0.6 is 0 Å². The van der Waals surface area contributed by atoms with Crippen molar-refractivity contribution >= 4 is 0 Å². The molecule has 3 heteroatoms. The lowest BCUT2D eigenvalue weighted by molar-refractivity contribution is 0.000856. The van der Waals surface area contributed by atoms with Gasteiger partial charge in [-0.3, -0.25) is 0 Å². The smallest absolute Gasteiger partial charge is 0.133 e. The van der Waals surface area contributed by atoms with Crippen LogP contribution in [0.1, 0.15) is 43.9 Å². The van der Waals surface area contributed by atoms with E-state index in [9.17, 15) is 0 Å². The van der Waals surface area contributed by atoms with Crippen LogP contribution < -0.4 is 5.32 Å². The van der Waals surface area contributed by atoms with Gasteiger partial charge in [0.25, 0.3) is 0 Å². The maximum Gasteiger partial charge on any atom is 0.133 e. The van der Waals surface area contributed by atoms with Crippen LogP contribution in [0, 0.1) is 5.92 Å². The summed E-state index contributed by atoms with van der Waals surface area (Å²) < 4.78 is 11.4. The molecule has 1 aromatic heterocycles. The minimum atomic E-state index is 0.429. The van der Waals surface area contributed by atoms with Crippen molar-refractivity contribution in [3.05, 3.63) is 23.7 Å².